The number of amides is 2. The first-order valence-corrected chi connectivity index (χ1v) is 6.94. The van der Waals surface area contributed by atoms with Crippen LogP contribution in [-0.2, 0) is 0 Å². The van der Waals surface area contributed by atoms with Crippen molar-refractivity contribution < 1.29 is 14.7 Å². The van der Waals surface area contributed by atoms with E-state index in [1.807, 2.05) is 0 Å². The Morgan fingerprint density at radius 1 is 1.20 bits per heavy atom. The highest BCUT2D eigenvalue weighted by atomic mass is 16.4. The van der Waals surface area contributed by atoms with Crippen molar-refractivity contribution in [2.75, 3.05) is 11.9 Å². The third-order valence-corrected chi connectivity index (χ3v) is 3.05. The SMILES string of the molecule is CCCCCCNC(=O)Nc1cccc(C)c1C(=O)O. The number of hydrogen-bond donors (Lipinski definition) is 3. The fourth-order valence-corrected chi connectivity index (χ4v) is 1.98. The second-order valence-electron chi connectivity index (χ2n) is 4.74. The first-order valence-electron chi connectivity index (χ1n) is 6.94. The molecule has 1 aromatic rings. The number of carbonyl (C=O) groups excluding carboxylic acids is 1. The summed E-state index contributed by atoms with van der Waals surface area (Å²) in [5.41, 5.74) is 1.08. The second-order valence-corrected chi connectivity index (χ2v) is 4.74. The number of benzene rings is 1. The van der Waals surface area contributed by atoms with Gasteiger partial charge in [0, 0.05) is 6.54 Å². The number of rotatable bonds is 7. The standard InChI is InChI=1S/C15H22N2O3/c1-3-4-5-6-10-16-15(20)17-12-9-7-8-11(2)13(12)14(18)19/h7-9H,3-6,10H2,1-2H3,(H,18,19)(H2,16,17,20). The van der Waals surface area contributed by atoms with Crippen molar-refractivity contribution in [2.24, 2.45) is 0 Å². The number of nitrogens with one attached hydrogen (secondary N) is 2. The van der Waals surface area contributed by atoms with Gasteiger partial charge in [-0.05, 0) is 25.0 Å². The minimum atomic E-state index is -1.04. The van der Waals surface area contributed by atoms with Crippen LogP contribution < -0.4 is 10.6 Å². The van der Waals surface area contributed by atoms with Gasteiger partial charge in [0.1, 0.15) is 0 Å². The average molecular weight is 278 g/mol. The van der Waals surface area contributed by atoms with Gasteiger partial charge in [-0.2, -0.15) is 0 Å². The molecule has 2 amide bonds. The quantitative estimate of drug-likeness (QED) is 0.669. The minimum absolute atomic E-state index is 0.133. The average Bonchev–Trinajstić information content (AvgIpc) is 2.38. The minimum Gasteiger partial charge on any atom is -0.478 e. The van der Waals surface area contributed by atoms with E-state index in [1.165, 1.54) is 0 Å². The van der Waals surface area contributed by atoms with Crippen LogP contribution in [0.15, 0.2) is 18.2 Å². The van der Waals surface area contributed by atoms with Gasteiger partial charge >= 0.3 is 12.0 Å². The van der Waals surface area contributed by atoms with Crippen LogP contribution in [0.25, 0.3) is 0 Å². The summed E-state index contributed by atoms with van der Waals surface area (Å²) in [6.45, 7) is 4.43. The number of hydrogen-bond acceptors (Lipinski definition) is 2. The van der Waals surface area contributed by atoms with E-state index in [0.29, 0.717) is 17.8 Å². The van der Waals surface area contributed by atoms with Gasteiger partial charge in [0.25, 0.3) is 0 Å². The molecule has 0 aromatic heterocycles. The highest BCUT2D eigenvalue weighted by molar-refractivity contribution is 6.01. The molecule has 0 spiro atoms. The van der Waals surface area contributed by atoms with Crippen molar-refractivity contribution in [3.05, 3.63) is 29.3 Å². The Balaban J connectivity index is 2.54. The normalized spacial score (nSPS) is 10.1. The maximum atomic E-state index is 11.7. The zero-order chi connectivity index (χ0) is 15.0. The smallest absolute Gasteiger partial charge is 0.338 e. The molecule has 0 saturated heterocycles. The van der Waals surface area contributed by atoms with E-state index in [2.05, 4.69) is 17.6 Å². The topological polar surface area (TPSA) is 78.4 Å². The van der Waals surface area contributed by atoms with Gasteiger partial charge in [-0.1, -0.05) is 38.3 Å². The summed E-state index contributed by atoms with van der Waals surface area (Å²) >= 11 is 0. The van der Waals surface area contributed by atoms with Gasteiger partial charge in [0.2, 0.25) is 0 Å². The van der Waals surface area contributed by atoms with Crippen LogP contribution in [0.3, 0.4) is 0 Å². The largest absolute Gasteiger partial charge is 0.478 e. The summed E-state index contributed by atoms with van der Waals surface area (Å²) in [7, 11) is 0. The van der Waals surface area contributed by atoms with E-state index >= 15 is 0 Å². The number of aromatic carboxylic acids is 1. The predicted molar refractivity (Wildman–Crippen MR) is 79.3 cm³/mol. The van der Waals surface area contributed by atoms with E-state index in [9.17, 15) is 9.59 Å². The summed E-state index contributed by atoms with van der Waals surface area (Å²) in [4.78, 5) is 22.9. The number of unbranched alkanes of at least 4 members (excludes halogenated alkanes) is 3. The second kappa shape index (κ2) is 8.19. The molecule has 0 aliphatic rings. The Kier molecular flexibility index (Phi) is 6.56. The number of carbonyl (C=O) groups is 2. The van der Waals surface area contributed by atoms with Gasteiger partial charge in [-0.3, -0.25) is 0 Å². The van der Waals surface area contributed by atoms with Crippen LogP contribution in [0.4, 0.5) is 10.5 Å². The van der Waals surface area contributed by atoms with Crippen molar-refractivity contribution in [2.45, 2.75) is 39.5 Å². The molecule has 3 N–H and O–H groups in total. The Hall–Kier alpha value is -2.04. The van der Waals surface area contributed by atoms with Crippen LogP contribution in [0.1, 0.15) is 48.5 Å². The first-order chi connectivity index (χ1) is 9.56. The molecule has 5 heteroatoms. The monoisotopic (exact) mass is 278 g/mol. The highest BCUT2D eigenvalue weighted by Gasteiger charge is 2.14. The van der Waals surface area contributed by atoms with Crippen molar-refractivity contribution in [3.8, 4) is 0 Å². The lowest BCUT2D eigenvalue weighted by atomic mass is 10.1. The molecule has 5 nitrogen and oxygen atoms in total. The molecule has 0 atom stereocenters. The van der Waals surface area contributed by atoms with E-state index in [4.69, 9.17) is 5.11 Å². The Bertz CT molecular complexity index is 472. The van der Waals surface area contributed by atoms with E-state index < -0.39 is 5.97 Å². The number of carboxylic acids is 1. The molecular weight excluding hydrogens is 256 g/mol. The summed E-state index contributed by atoms with van der Waals surface area (Å²) in [6.07, 6.45) is 4.32. The Morgan fingerprint density at radius 3 is 2.60 bits per heavy atom. The fourth-order valence-electron chi connectivity index (χ4n) is 1.98. The lowest BCUT2D eigenvalue weighted by Crippen LogP contribution is -2.30. The zero-order valence-electron chi connectivity index (χ0n) is 12.0. The summed E-state index contributed by atoms with van der Waals surface area (Å²) < 4.78 is 0. The van der Waals surface area contributed by atoms with Gasteiger partial charge in [0.05, 0.1) is 11.3 Å². The highest BCUT2D eigenvalue weighted by Crippen LogP contribution is 2.19. The molecule has 0 unspecified atom stereocenters. The predicted octanol–water partition coefficient (Wildman–Crippen LogP) is 3.40. The van der Waals surface area contributed by atoms with Gasteiger partial charge in [-0.25, -0.2) is 9.59 Å². The molecule has 110 valence electrons. The lowest BCUT2D eigenvalue weighted by molar-refractivity contribution is 0.0697. The fraction of sp³-hybridized carbons (Fsp3) is 0.467. The first kappa shape index (κ1) is 16.0. The van der Waals surface area contributed by atoms with E-state index in [-0.39, 0.29) is 11.6 Å². The van der Waals surface area contributed by atoms with Crippen LogP contribution in [0.5, 0.6) is 0 Å². The van der Waals surface area contributed by atoms with E-state index in [1.54, 1.807) is 25.1 Å². The Morgan fingerprint density at radius 2 is 1.95 bits per heavy atom. The summed E-state index contributed by atoms with van der Waals surface area (Å²) in [5.74, 6) is -1.04. The van der Waals surface area contributed by atoms with Crippen LogP contribution >= 0.6 is 0 Å². The molecular formula is C15H22N2O3. The third kappa shape index (κ3) is 4.91. The summed E-state index contributed by atoms with van der Waals surface area (Å²) in [5, 5.41) is 14.5. The molecule has 0 heterocycles. The van der Waals surface area contributed by atoms with Crippen molar-refractivity contribution in [3.63, 3.8) is 0 Å². The van der Waals surface area contributed by atoms with Crippen LogP contribution in [0.2, 0.25) is 0 Å². The van der Waals surface area contributed by atoms with Gasteiger partial charge in [0.15, 0.2) is 0 Å². The van der Waals surface area contributed by atoms with Gasteiger partial charge in [-0.15, -0.1) is 0 Å². The van der Waals surface area contributed by atoms with Crippen molar-refractivity contribution >= 4 is 17.7 Å². The van der Waals surface area contributed by atoms with Crippen LogP contribution in [0, 0.1) is 6.92 Å². The molecule has 0 radical (unpaired) electrons. The van der Waals surface area contributed by atoms with Gasteiger partial charge < -0.3 is 15.7 Å². The molecule has 0 saturated carbocycles. The summed E-state index contributed by atoms with van der Waals surface area (Å²) in [6, 6.07) is 4.65. The molecule has 0 aliphatic carbocycles. The number of aryl methyl sites for hydroxylation is 1. The van der Waals surface area contributed by atoms with Crippen LogP contribution in [-0.4, -0.2) is 23.7 Å². The number of anilines is 1. The maximum absolute atomic E-state index is 11.7. The molecule has 20 heavy (non-hydrogen) atoms. The molecule has 1 aromatic carbocycles. The lowest BCUT2D eigenvalue weighted by Gasteiger charge is -2.11. The van der Waals surface area contributed by atoms with Crippen molar-refractivity contribution in [1.29, 1.82) is 0 Å². The molecule has 1 rings (SSSR count). The van der Waals surface area contributed by atoms with Crippen molar-refractivity contribution in [1.82, 2.24) is 5.32 Å². The zero-order valence-corrected chi connectivity index (χ0v) is 12.0. The van der Waals surface area contributed by atoms with E-state index in [0.717, 1.165) is 25.7 Å². The maximum Gasteiger partial charge on any atom is 0.338 e. The number of carboxylic acid groups (broad SMARTS) is 1. The molecule has 0 bridgehead atoms. The number of urea groups is 1. The molecule has 0 fully saturated rings. The Labute approximate surface area is 119 Å². The third-order valence-electron chi connectivity index (χ3n) is 3.05. The molecule has 0 aliphatic heterocycles.